The number of nitrogens with two attached hydrogens (primary N) is 2. The number of hydrogen-bond acceptors (Lipinski definition) is 13. The van der Waals surface area contributed by atoms with Gasteiger partial charge in [-0.15, -0.1) is 0 Å². The molecular formula is C40H50N12O11S. The first-order chi connectivity index (χ1) is 30.5. The zero-order valence-corrected chi connectivity index (χ0v) is 35.2. The molecule has 13 N–H and O–H groups in total. The fraction of sp³-hybridized carbons (Fsp3) is 0.350. The van der Waals surface area contributed by atoms with Crippen LogP contribution in [0, 0.1) is 0 Å². The first kappa shape index (κ1) is 49.2. The van der Waals surface area contributed by atoms with Gasteiger partial charge in [0, 0.05) is 31.3 Å². The Balaban J connectivity index is 1.46. The zero-order valence-electron chi connectivity index (χ0n) is 34.4. The van der Waals surface area contributed by atoms with Gasteiger partial charge in [0.15, 0.2) is 5.96 Å². The lowest BCUT2D eigenvalue weighted by molar-refractivity contribution is -0.141. The van der Waals surface area contributed by atoms with Crippen LogP contribution in [0.25, 0.3) is 0 Å². The first-order valence-corrected chi connectivity index (χ1v) is 21.3. The second kappa shape index (κ2) is 24.2. The summed E-state index contributed by atoms with van der Waals surface area (Å²) >= 11 is 0. The van der Waals surface area contributed by atoms with Crippen molar-refractivity contribution in [2.24, 2.45) is 21.6 Å². The Morgan fingerprint density at radius 3 is 2.11 bits per heavy atom. The number of carbonyl (C=O) groups excluding carboxylic acids is 6. The van der Waals surface area contributed by atoms with Gasteiger partial charge in [-0.1, -0.05) is 48.5 Å². The van der Waals surface area contributed by atoms with Crippen LogP contribution in [0.2, 0.25) is 0 Å². The number of nitrogens with one attached hydrogen (secondary N) is 7. The smallest absolute Gasteiger partial charge is 0.305 e. The summed E-state index contributed by atoms with van der Waals surface area (Å²) in [5.41, 5.74) is 14.4. The maximum absolute atomic E-state index is 14.0. The Morgan fingerprint density at radius 2 is 1.44 bits per heavy atom. The summed E-state index contributed by atoms with van der Waals surface area (Å²) in [5, 5.41) is 28.7. The lowest BCUT2D eigenvalue weighted by atomic mass is 10.0. The minimum atomic E-state index is -4.48. The third-order valence-electron chi connectivity index (χ3n) is 9.39. The number of hydrazone groups is 1. The van der Waals surface area contributed by atoms with Gasteiger partial charge in [-0.2, -0.15) is 13.5 Å². The van der Waals surface area contributed by atoms with E-state index in [1.54, 1.807) is 36.4 Å². The Labute approximate surface area is 367 Å². The van der Waals surface area contributed by atoms with Crippen molar-refractivity contribution in [1.82, 2.24) is 36.9 Å². The number of benzene rings is 2. The number of unbranched alkanes of at least 4 members (excludes halogenated alkanes) is 1. The number of aliphatic carboxylic acids is 1. The monoisotopic (exact) mass is 906 g/mol. The van der Waals surface area contributed by atoms with Crippen molar-refractivity contribution in [1.29, 1.82) is 0 Å². The zero-order chi connectivity index (χ0) is 46.6. The average Bonchev–Trinajstić information content (AvgIpc) is 3.25. The number of pyridine rings is 1. The molecule has 1 aliphatic rings. The van der Waals surface area contributed by atoms with E-state index in [4.69, 9.17) is 11.5 Å². The molecular weight excluding hydrogens is 857 g/mol. The molecule has 1 fully saturated rings. The molecule has 24 heteroatoms. The number of rotatable bonds is 18. The highest BCUT2D eigenvalue weighted by Gasteiger charge is 2.33. The van der Waals surface area contributed by atoms with E-state index in [0.717, 1.165) is 0 Å². The van der Waals surface area contributed by atoms with Gasteiger partial charge in [0.1, 0.15) is 34.9 Å². The minimum absolute atomic E-state index is 0.000612. The van der Waals surface area contributed by atoms with Crippen molar-refractivity contribution in [3.05, 3.63) is 89.6 Å². The predicted octanol–water partition coefficient (Wildman–Crippen LogP) is -1.49. The quantitative estimate of drug-likeness (QED) is 0.0228. The van der Waals surface area contributed by atoms with Gasteiger partial charge in [0.05, 0.1) is 24.7 Å². The SMILES string of the molecule is NC(N)=NCCCC1NC(=O)CNC(=O)[C@@H](CC(=O)O)NC(=O)[C@@H](Cc2ccccc2)NC(=O)C(CCCCNC(=O)c2ccc(NN=Cc3ccccc3S(=O)(=O)O)nc2)NC1=O. The number of guanidine groups is 1. The predicted molar refractivity (Wildman–Crippen MR) is 231 cm³/mol. The molecule has 1 saturated heterocycles. The van der Waals surface area contributed by atoms with E-state index < -0.39 is 88.7 Å². The van der Waals surface area contributed by atoms with E-state index in [0.29, 0.717) is 12.0 Å². The second-order valence-electron chi connectivity index (χ2n) is 14.3. The molecule has 342 valence electrons. The standard InChI is InChI=1S/C40H50N12O11S/c41-40(42)44-18-8-13-27-37(58)49-28(12-6-7-17-43-35(56)26-15-16-32(45-21-26)52-47-22-25-11-4-5-14-31(25)64(61,62)63)38(59)50-29(19-24-9-2-1-3-10-24)39(60)51-30(20-34(54)55)36(57)46-23-33(53)48-27/h1-5,9-11,14-16,21-22,27-30H,6-8,12-13,17-20,23H2,(H,43,56)(H,45,52)(H,46,57)(H,48,53)(H,49,58)(H,50,59)(H,51,60)(H,54,55)(H4,41,42,44)(H,61,62,63)/t27?,28?,29-,30-/m1/s1. The maximum atomic E-state index is 14.0. The van der Waals surface area contributed by atoms with Crippen LogP contribution in [0.3, 0.4) is 0 Å². The van der Waals surface area contributed by atoms with Gasteiger partial charge in [-0.25, -0.2) is 4.98 Å². The number of aromatic nitrogens is 1. The number of hydrogen-bond donors (Lipinski definition) is 11. The third kappa shape index (κ3) is 16.4. The van der Waals surface area contributed by atoms with Gasteiger partial charge >= 0.3 is 5.97 Å². The molecule has 0 saturated carbocycles. The van der Waals surface area contributed by atoms with Crippen LogP contribution in [0.5, 0.6) is 0 Å². The van der Waals surface area contributed by atoms with E-state index in [9.17, 15) is 51.6 Å². The molecule has 0 aliphatic carbocycles. The summed E-state index contributed by atoms with van der Waals surface area (Å²) in [6, 6.07) is 11.7. The largest absolute Gasteiger partial charge is 0.481 e. The molecule has 6 amide bonds. The highest BCUT2D eigenvalue weighted by molar-refractivity contribution is 7.86. The number of anilines is 1. The van der Waals surface area contributed by atoms with Crippen molar-refractivity contribution in [3.8, 4) is 0 Å². The number of amides is 6. The molecule has 0 radical (unpaired) electrons. The molecule has 64 heavy (non-hydrogen) atoms. The fourth-order valence-corrected chi connectivity index (χ4v) is 6.87. The number of carboxylic acid groups (broad SMARTS) is 1. The Hall–Kier alpha value is -7.47. The van der Waals surface area contributed by atoms with Gasteiger partial charge in [-0.05, 0) is 55.9 Å². The second-order valence-corrected chi connectivity index (χ2v) is 15.7. The van der Waals surface area contributed by atoms with Crippen LogP contribution in [0.1, 0.15) is 60.0 Å². The van der Waals surface area contributed by atoms with E-state index in [2.05, 4.69) is 52.4 Å². The van der Waals surface area contributed by atoms with Gasteiger partial charge in [0.25, 0.3) is 16.0 Å². The molecule has 2 unspecified atom stereocenters. The Kier molecular flexibility index (Phi) is 18.6. The summed E-state index contributed by atoms with van der Waals surface area (Å²) in [6.07, 6.45) is 2.34. The molecule has 0 spiro atoms. The topological polar surface area (TPSA) is 368 Å². The fourth-order valence-electron chi connectivity index (χ4n) is 6.20. The van der Waals surface area contributed by atoms with Gasteiger partial charge in [-0.3, -0.25) is 48.5 Å². The van der Waals surface area contributed by atoms with Crippen molar-refractivity contribution in [3.63, 3.8) is 0 Å². The summed E-state index contributed by atoms with van der Waals surface area (Å²) in [5.74, 6) is -6.12. The maximum Gasteiger partial charge on any atom is 0.305 e. The average molecular weight is 907 g/mol. The van der Waals surface area contributed by atoms with E-state index in [1.807, 2.05) is 0 Å². The lowest BCUT2D eigenvalue weighted by Crippen LogP contribution is -2.58. The van der Waals surface area contributed by atoms with Crippen LogP contribution in [-0.2, 0) is 45.3 Å². The van der Waals surface area contributed by atoms with E-state index >= 15 is 0 Å². The summed E-state index contributed by atoms with van der Waals surface area (Å²) in [4.78, 5) is 99.8. The number of aliphatic imine (C=N–C) groups is 1. The highest BCUT2D eigenvalue weighted by atomic mass is 32.2. The normalized spacial score (nSPS) is 18.8. The van der Waals surface area contributed by atoms with Gasteiger partial charge in [0.2, 0.25) is 29.5 Å². The molecule has 23 nitrogen and oxygen atoms in total. The summed E-state index contributed by atoms with van der Waals surface area (Å²) in [6.45, 7) is -0.443. The van der Waals surface area contributed by atoms with Crippen molar-refractivity contribution in [2.45, 2.75) is 74.0 Å². The molecule has 3 aromatic rings. The molecule has 0 bridgehead atoms. The van der Waals surface area contributed by atoms with Crippen molar-refractivity contribution >= 4 is 69.5 Å². The van der Waals surface area contributed by atoms with E-state index in [-0.39, 0.29) is 73.0 Å². The Morgan fingerprint density at radius 1 is 0.797 bits per heavy atom. The summed E-state index contributed by atoms with van der Waals surface area (Å²) in [7, 11) is -4.48. The Bertz CT molecular complexity index is 2310. The number of carbonyl (C=O) groups is 7. The molecule has 4 atom stereocenters. The van der Waals surface area contributed by atoms with Gasteiger partial charge < -0.3 is 48.5 Å². The molecule has 2 heterocycles. The van der Waals surface area contributed by atoms with Crippen LogP contribution in [0.15, 0.2) is 87.9 Å². The van der Waals surface area contributed by atoms with E-state index in [1.165, 1.54) is 42.7 Å². The third-order valence-corrected chi connectivity index (χ3v) is 10.3. The highest BCUT2D eigenvalue weighted by Crippen LogP contribution is 2.14. The molecule has 1 aromatic heterocycles. The van der Waals surface area contributed by atoms with Crippen LogP contribution in [-0.4, -0.2) is 120 Å². The molecule has 2 aromatic carbocycles. The molecule has 4 rings (SSSR count). The number of nitrogens with zero attached hydrogens (tertiary/aromatic N) is 3. The summed E-state index contributed by atoms with van der Waals surface area (Å²) < 4.78 is 32.6. The lowest BCUT2D eigenvalue weighted by Gasteiger charge is -2.26. The molecule has 1 aliphatic heterocycles. The minimum Gasteiger partial charge on any atom is -0.481 e. The van der Waals surface area contributed by atoms with Crippen LogP contribution in [0.4, 0.5) is 5.82 Å². The van der Waals surface area contributed by atoms with Crippen molar-refractivity contribution in [2.75, 3.05) is 25.1 Å². The van der Waals surface area contributed by atoms with Crippen molar-refractivity contribution < 1.29 is 51.6 Å². The van der Waals surface area contributed by atoms with Crippen LogP contribution >= 0.6 is 0 Å². The van der Waals surface area contributed by atoms with Crippen LogP contribution < -0.4 is 48.8 Å². The first-order valence-electron chi connectivity index (χ1n) is 19.9. The number of carboxylic acids is 1.